The molecule has 2 N–H and O–H groups in total. The highest BCUT2D eigenvalue weighted by molar-refractivity contribution is 5.83. The van der Waals surface area contributed by atoms with Gasteiger partial charge >= 0.3 is 0 Å². The van der Waals surface area contributed by atoms with Gasteiger partial charge in [-0.05, 0) is 52.1 Å². The van der Waals surface area contributed by atoms with Gasteiger partial charge < -0.3 is 15.3 Å². The molecular weight excluding hydrogens is 240 g/mol. The van der Waals surface area contributed by atoms with Gasteiger partial charge in [0.15, 0.2) is 0 Å². The van der Waals surface area contributed by atoms with Gasteiger partial charge in [0.2, 0.25) is 5.91 Å². The third-order valence-electron chi connectivity index (χ3n) is 4.70. The quantitative estimate of drug-likeness (QED) is 0.816. The molecule has 0 radical (unpaired) electrons. The van der Waals surface area contributed by atoms with Gasteiger partial charge in [-0.3, -0.25) is 4.79 Å². The van der Waals surface area contributed by atoms with Gasteiger partial charge in [0, 0.05) is 13.1 Å². The van der Waals surface area contributed by atoms with Crippen LogP contribution < -0.4 is 5.32 Å². The van der Waals surface area contributed by atoms with Crippen LogP contribution in [0.4, 0.5) is 0 Å². The fraction of sp³-hybridized carbons (Fsp3) is 0.933. The number of aliphatic hydroxyl groups is 1. The van der Waals surface area contributed by atoms with Crippen LogP contribution in [0.15, 0.2) is 0 Å². The van der Waals surface area contributed by atoms with E-state index in [2.05, 4.69) is 12.2 Å². The van der Waals surface area contributed by atoms with Gasteiger partial charge in [0.25, 0.3) is 0 Å². The zero-order valence-corrected chi connectivity index (χ0v) is 12.4. The van der Waals surface area contributed by atoms with Crippen LogP contribution in [0.25, 0.3) is 0 Å². The number of nitrogens with one attached hydrogen (secondary N) is 1. The van der Waals surface area contributed by atoms with E-state index in [-0.39, 0.29) is 11.3 Å². The van der Waals surface area contributed by atoms with Crippen molar-refractivity contribution >= 4 is 5.91 Å². The summed E-state index contributed by atoms with van der Waals surface area (Å²) in [6.07, 6.45) is 5.64. The molecule has 2 rings (SSSR count). The highest BCUT2D eigenvalue weighted by Gasteiger charge is 2.43. The fourth-order valence-electron chi connectivity index (χ4n) is 3.68. The van der Waals surface area contributed by atoms with Crippen molar-refractivity contribution in [2.45, 2.75) is 58.0 Å². The number of carbonyl (C=O) groups is 1. The molecule has 2 fully saturated rings. The number of carbonyl (C=O) groups excluding carboxylic acids is 1. The van der Waals surface area contributed by atoms with Crippen molar-refractivity contribution in [3.05, 3.63) is 0 Å². The molecule has 0 spiro atoms. The summed E-state index contributed by atoms with van der Waals surface area (Å²) in [5, 5.41) is 13.6. The van der Waals surface area contributed by atoms with E-state index in [1.54, 1.807) is 0 Å². The van der Waals surface area contributed by atoms with Gasteiger partial charge in [-0.15, -0.1) is 0 Å². The summed E-state index contributed by atoms with van der Waals surface area (Å²) in [7, 11) is 0. The summed E-state index contributed by atoms with van der Waals surface area (Å²) >= 11 is 0. The Hall–Kier alpha value is -0.610. The van der Waals surface area contributed by atoms with Crippen molar-refractivity contribution in [1.82, 2.24) is 10.2 Å². The zero-order valence-electron chi connectivity index (χ0n) is 12.4. The van der Waals surface area contributed by atoms with Gasteiger partial charge in [-0.2, -0.15) is 0 Å². The lowest BCUT2D eigenvalue weighted by molar-refractivity contribution is -0.150. The number of amides is 1. The fourth-order valence-corrected chi connectivity index (χ4v) is 3.68. The number of hydrogen-bond acceptors (Lipinski definition) is 3. The lowest BCUT2D eigenvalue weighted by atomic mass is 9.73. The van der Waals surface area contributed by atoms with Crippen LogP contribution in [0.1, 0.15) is 52.4 Å². The predicted octanol–water partition coefficient (Wildman–Crippen LogP) is 1.53. The second kappa shape index (κ2) is 5.80. The number of hydrogen-bond donors (Lipinski definition) is 2. The van der Waals surface area contributed by atoms with E-state index in [4.69, 9.17) is 0 Å². The van der Waals surface area contributed by atoms with Crippen molar-refractivity contribution in [1.29, 1.82) is 0 Å². The first-order chi connectivity index (χ1) is 8.99. The van der Waals surface area contributed by atoms with Crippen molar-refractivity contribution in [2.75, 3.05) is 26.2 Å². The Balaban J connectivity index is 2.10. The number of rotatable bonds is 3. The van der Waals surface area contributed by atoms with E-state index in [0.717, 1.165) is 58.2 Å². The second-order valence-corrected chi connectivity index (χ2v) is 6.61. The SMILES string of the molecule is CCCC1(C(=O)N2CCCC(C)(O)C2)CCNCC1. The molecule has 2 heterocycles. The molecule has 19 heavy (non-hydrogen) atoms. The van der Waals surface area contributed by atoms with Crippen LogP contribution in [0.3, 0.4) is 0 Å². The summed E-state index contributed by atoms with van der Waals surface area (Å²) in [6, 6.07) is 0. The second-order valence-electron chi connectivity index (χ2n) is 6.61. The Kier molecular flexibility index (Phi) is 4.51. The number of β-amino-alcohol motifs (C(OH)–C–C–N with tert-alkyl or cyclic N) is 1. The molecule has 0 saturated carbocycles. The Bertz CT molecular complexity index is 317. The van der Waals surface area contributed by atoms with Crippen LogP contribution in [0.2, 0.25) is 0 Å². The largest absolute Gasteiger partial charge is 0.388 e. The maximum atomic E-state index is 12.9. The Morgan fingerprint density at radius 2 is 2.00 bits per heavy atom. The Morgan fingerprint density at radius 3 is 2.58 bits per heavy atom. The minimum atomic E-state index is -0.700. The molecule has 1 unspecified atom stereocenters. The van der Waals surface area contributed by atoms with E-state index in [1.165, 1.54) is 0 Å². The van der Waals surface area contributed by atoms with Crippen LogP contribution in [-0.4, -0.2) is 47.7 Å². The van der Waals surface area contributed by atoms with Gasteiger partial charge in [-0.1, -0.05) is 13.3 Å². The van der Waals surface area contributed by atoms with Crippen LogP contribution in [0, 0.1) is 5.41 Å². The van der Waals surface area contributed by atoms with E-state index < -0.39 is 5.60 Å². The maximum absolute atomic E-state index is 12.9. The monoisotopic (exact) mass is 268 g/mol. The molecule has 0 bridgehead atoms. The van der Waals surface area contributed by atoms with E-state index in [0.29, 0.717) is 6.54 Å². The first-order valence-electron chi connectivity index (χ1n) is 7.72. The van der Waals surface area contributed by atoms with E-state index in [1.807, 2.05) is 11.8 Å². The van der Waals surface area contributed by atoms with Crippen LogP contribution >= 0.6 is 0 Å². The van der Waals surface area contributed by atoms with Crippen molar-refractivity contribution < 1.29 is 9.90 Å². The molecule has 0 aromatic heterocycles. The highest BCUT2D eigenvalue weighted by Crippen LogP contribution is 2.37. The van der Waals surface area contributed by atoms with E-state index in [9.17, 15) is 9.90 Å². The predicted molar refractivity (Wildman–Crippen MR) is 75.9 cm³/mol. The molecule has 2 aliphatic rings. The molecule has 1 amide bonds. The van der Waals surface area contributed by atoms with E-state index >= 15 is 0 Å². The summed E-state index contributed by atoms with van der Waals surface area (Å²) in [4.78, 5) is 14.9. The average molecular weight is 268 g/mol. The minimum Gasteiger partial charge on any atom is -0.388 e. The third kappa shape index (κ3) is 3.29. The molecule has 2 aliphatic heterocycles. The maximum Gasteiger partial charge on any atom is 0.228 e. The van der Waals surface area contributed by atoms with Crippen molar-refractivity contribution in [3.8, 4) is 0 Å². The molecule has 0 aromatic carbocycles. The van der Waals surface area contributed by atoms with Crippen LogP contribution in [-0.2, 0) is 4.79 Å². The molecule has 4 nitrogen and oxygen atoms in total. The topological polar surface area (TPSA) is 52.6 Å². The van der Waals surface area contributed by atoms with Crippen molar-refractivity contribution in [3.63, 3.8) is 0 Å². The molecule has 4 heteroatoms. The Morgan fingerprint density at radius 1 is 1.32 bits per heavy atom. The zero-order chi connectivity index (χ0) is 13.9. The van der Waals surface area contributed by atoms with Gasteiger partial charge in [0.1, 0.15) is 0 Å². The lowest BCUT2D eigenvalue weighted by Crippen LogP contribution is -2.55. The molecular formula is C15H28N2O2. The standard InChI is InChI=1S/C15H28N2O2/c1-3-5-15(7-9-16-10-8-15)13(18)17-11-4-6-14(2,19)12-17/h16,19H,3-12H2,1-2H3. The number of likely N-dealkylation sites (tertiary alicyclic amines) is 1. The number of nitrogens with zero attached hydrogens (tertiary/aromatic N) is 1. The highest BCUT2D eigenvalue weighted by atomic mass is 16.3. The molecule has 0 aliphatic carbocycles. The average Bonchev–Trinajstić information content (AvgIpc) is 2.38. The van der Waals surface area contributed by atoms with Gasteiger partial charge in [0.05, 0.1) is 11.0 Å². The molecule has 110 valence electrons. The molecule has 2 saturated heterocycles. The smallest absolute Gasteiger partial charge is 0.228 e. The third-order valence-corrected chi connectivity index (χ3v) is 4.70. The number of piperidine rings is 2. The van der Waals surface area contributed by atoms with Gasteiger partial charge in [-0.25, -0.2) is 0 Å². The summed E-state index contributed by atoms with van der Waals surface area (Å²) in [5.41, 5.74) is -0.873. The van der Waals surface area contributed by atoms with Crippen molar-refractivity contribution in [2.24, 2.45) is 5.41 Å². The summed E-state index contributed by atoms with van der Waals surface area (Å²) in [5.74, 6) is 0.288. The minimum absolute atomic E-state index is 0.173. The first kappa shape index (κ1) is 14.8. The lowest BCUT2D eigenvalue weighted by Gasteiger charge is -2.44. The summed E-state index contributed by atoms with van der Waals surface area (Å²) in [6.45, 7) is 7.20. The molecule has 0 aromatic rings. The summed E-state index contributed by atoms with van der Waals surface area (Å²) < 4.78 is 0. The first-order valence-corrected chi connectivity index (χ1v) is 7.72. The van der Waals surface area contributed by atoms with Crippen LogP contribution in [0.5, 0.6) is 0 Å². The Labute approximate surface area is 116 Å². The normalized spacial score (nSPS) is 31.2. The molecule has 1 atom stereocenters.